The molecule has 3 rings (SSSR count). The minimum absolute atomic E-state index is 0.0337. The zero-order valence-corrected chi connectivity index (χ0v) is 18.8. The lowest BCUT2D eigenvalue weighted by Gasteiger charge is -2.15. The van der Waals surface area contributed by atoms with Crippen molar-refractivity contribution in [3.05, 3.63) is 35.0 Å². The van der Waals surface area contributed by atoms with Gasteiger partial charge in [-0.15, -0.1) is 11.3 Å². The number of benzene rings is 1. The first-order valence-electron chi connectivity index (χ1n) is 8.89. The van der Waals surface area contributed by atoms with Crippen LogP contribution in [0.5, 0.6) is 11.6 Å². The molecule has 0 aliphatic carbocycles. The van der Waals surface area contributed by atoms with Gasteiger partial charge < -0.3 is 14.8 Å². The molecule has 1 amide bonds. The van der Waals surface area contributed by atoms with Crippen LogP contribution >= 0.6 is 11.3 Å². The maximum atomic E-state index is 12.5. The molecule has 0 spiro atoms. The largest absolute Gasteiger partial charge is 0.495 e. The lowest BCUT2D eigenvalue weighted by Crippen LogP contribution is -2.23. The molecule has 0 radical (unpaired) electrons. The third-order valence-electron chi connectivity index (χ3n) is 4.49. The van der Waals surface area contributed by atoms with Crippen molar-refractivity contribution in [2.75, 3.05) is 33.1 Å². The Morgan fingerprint density at radius 2 is 1.97 bits per heavy atom. The summed E-state index contributed by atoms with van der Waals surface area (Å²) < 4.78 is 36.7. The van der Waals surface area contributed by atoms with Gasteiger partial charge in [0.2, 0.25) is 15.9 Å². The third kappa shape index (κ3) is 4.23. The summed E-state index contributed by atoms with van der Waals surface area (Å²) >= 11 is 1.53. The van der Waals surface area contributed by atoms with E-state index in [4.69, 9.17) is 9.47 Å². The molecule has 1 aromatic carbocycles. The molecule has 0 bridgehead atoms. The summed E-state index contributed by atoms with van der Waals surface area (Å²) in [7, 11) is 0.634. The molecular formula is C19H22N4O5S2. The van der Waals surface area contributed by atoms with Crippen molar-refractivity contribution in [3.63, 3.8) is 0 Å². The number of rotatable bonds is 7. The highest BCUT2D eigenvalue weighted by Crippen LogP contribution is 2.33. The van der Waals surface area contributed by atoms with Crippen LogP contribution in [0.4, 0.5) is 5.69 Å². The van der Waals surface area contributed by atoms with Crippen molar-refractivity contribution in [3.8, 4) is 11.6 Å². The van der Waals surface area contributed by atoms with Crippen LogP contribution in [0.25, 0.3) is 10.2 Å². The average molecular weight is 451 g/mol. The molecular weight excluding hydrogens is 428 g/mol. The molecule has 0 aliphatic rings. The maximum Gasteiger partial charge on any atom is 0.262 e. The summed E-state index contributed by atoms with van der Waals surface area (Å²) in [6.07, 6.45) is 1.39. The Balaban J connectivity index is 1.80. The van der Waals surface area contributed by atoms with E-state index < -0.39 is 15.9 Å². The lowest BCUT2D eigenvalue weighted by atomic mass is 10.2. The molecule has 0 aliphatic heterocycles. The number of hydrogen-bond donors (Lipinski definition) is 1. The maximum absolute atomic E-state index is 12.5. The van der Waals surface area contributed by atoms with Crippen LogP contribution in [0.15, 0.2) is 29.4 Å². The second-order valence-electron chi connectivity index (χ2n) is 6.63. The van der Waals surface area contributed by atoms with Crippen molar-refractivity contribution in [2.45, 2.75) is 18.7 Å². The van der Waals surface area contributed by atoms with Gasteiger partial charge in [-0.2, -0.15) is 0 Å². The number of sulfonamides is 1. The Kier molecular flexibility index (Phi) is 6.25. The van der Waals surface area contributed by atoms with E-state index in [0.717, 1.165) is 25.0 Å². The highest BCUT2D eigenvalue weighted by molar-refractivity contribution is 7.89. The Hall–Kier alpha value is -2.76. The normalized spacial score (nSPS) is 11.7. The number of fused-ring (bicyclic) bond motifs is 1. The highest BCUT2D eigenvalue weighted by Gasteiger charge is 2.20. The first-order chi connectivity index (χ1) is 14.1. The summed E-state index contributed by atoms with van der Waals surface area (Å²) in [6, 6.07) is 4.25. The van der Waals surface area contributed by atoms with Gasteiger partial charge in [0.05, 0.1) is 23.1 Å². The minimum atomic E-state index is -3.66. The topological polar surface area (TPSA) is 111 Å². The average Bonchev–Trinajstić information content (AvgIpc) is 3.00. The molecule has 0 atom stereocenters. The van der Waals surface area contributed by atoms with Crippen LogP contribution in [-0.2, 0) is 14.8 Å². The fraction of sp³-hybridized carbons (Fsp3) is 0.316. The Morgan fingerprint density at radius 3 is 2.63 bits per heavy atom. The number of aryl methyl sites for hydroxylation is 2. The molecule has 0 saturated carbocycles. The number of nitrogens with zero attached hydrogens (tertiary/aromatic N) is 3. The van der Waals surface area contributed by atoms with Gasteiger partial charge in [-0.1, -0.05) is 0 Å². The minimum Gasteiger partial charge on any atom is -0.495 e. The second-order valence-corrected chi connectivity index (χ2v) is 9.98. The number of carbonyl (C=O) groups is 1. The molecule has 160 valence electrons. The van der Waals surface area contributed by atoms with Gasteiger partial charge in [-0.3, -0.25) is 4.79 Å². The van der Waals surface area contributed by atoms with Crippen LogP contribution in [0.3, 0.4) is 0 Å². The van der Waals surface area contributed by atoms with E-state index >= 15 is 0 Å². The van der Waals surface area contributed by atoms with Crippen molar-refractivity contribution in [1.82, 2.24) is 14.3 Å². The number of nitrogens with one attached hydrogen (secondary N) is 1. The number of amides is 1. The van der Waals surface area contributed by atoms with E-state index in [0.29, 0.717) is 11.6 Å². The highest BCUT2D eigenvalue weighted by atomic mass is 32.2. The first-order valence-corrected chi connectivity index (χ1v) is 11.1. The van der Waals surface area contributed by atoms with Crippen LogP contribution in [0.2, 0.25) is 0 Å². The monoisotopic (exact) mass is 450 g/mol. The number of anilines is 1. The number of hydrogen-bond acceptors (Lipinski definition) is 8. The van der Waals surface area contributed by atoms with Crippen LogP contribution in [-0.4, -0.2) is 56.4 Å². The molecule has 3 aromatic rings. The van der Waals surface area contributed by atoms with Gasteiger partial charge >= 0.3 is 0 Å². The summed E-state index contributed by atoms with van der Waals surface area (Å²) in [5.41, 5.74) is 1.23. The van der Waals surface area contributed by atoms with Crippen molar-refractivity contribution in [1.29, 1.82) is 0 Å². The van der Waals surface area contributed by atoms with Gasteiger partial charge in [0, 0.05) is 19.0 Å². The van der Waals surface area contributed by atoms with Crippen LogP contribution in [0.1, 0.15) is 10.4 Å². The zero-order valence-electron chi connectivity index (χ0n) is 17.2. The SMILES string of the molecule is COc1ccc(S(=O)(=O)N(C)C)cc1NC(=O)COc1ncnc2sc(C)c(C)c12. The van der Waals surface area contributed by atoms with Crippen molar-refractivity contribution >= 4 is 43.2 Å². The van der Waals surface area contributed by atoms with E-state index in [9.17, 15) is 13.2 Å². The fourth-order valence-corrected chi connectivity index (χ4v) is 4.65. The Morgan fingerprint density at radius 1 is 1.23 bits per heavy atom. The lowest BCUT2D eigenvalue weighted by molar-refractivity contribution is -0.118. The molecule has 0 fully saturated rings. The summed E-state index contributed by atoms with van der Waals surface area (Å²) in [4.78, 5) is 22.8. The van der Waals surface area contributed by atoms with E-state index in [-0.39, 0.29) is 17.2 Å². The van der Waals surface area contributed by atoms with Crippen molar-refractivity contribution in [2.24, 2.45) is 0 Å². The second kappa shape index (κ2) is 8.54. The molecule has 11 heteroatoms. The number of ether oxygens (including phenoxy) is 2. The molecule has 2 aromatic heterocycles. The fourth-order valence-electron chi connectivity index (χ4n) is 2.74. The van der Waals surface area contributed by atoms with E-state index in [2.05, 4.69) is 15.3 Å². The van der Waals surface area contributed by atoms with Gasteiger partial charge in [-0.25, -0.2) is 22.7 Å². The number of aromatic nitrogens is 2. The summed E-state index contributed by atoms with van der Waals surface area (Å²) in [6.45, 7) is 3.62. The van der Waals surface area contributed by atoms with Crippen LogP contribution < -0.4 is 14.8 Å². The molecule has 2 heterocycles. The number of thiophene rings is 1. The smallest absolute Gasteiger partial charge is 0.262 e. The van der Waals surface area contributed by atoms with E-state index in [1.54, 1.807) is 0 Å². The predicted molar refractivity (Wildman–Crippen MR) is 115 cm³/mol. The molecule has 1 N–H and O–H groups in total. The van der Waals surface area contributed by atoms with Crippen molar-refractivity contribution < 1.29 is 22.7 Å². The quantitative estimate of drug-likeness (QED) is 0.589. The third-order valence-corrected chi connectivity index (χ3v) is 7.42. The Bertz CT molecular complexity index is 1210. The van der Waals surface area contributed by atoms with Gasteiger partial charge in [-0.05, 0) is 37.6 Å². The Labute approximate surface area is 178 Å². The van der Waals surface area contributed by atoms with E-state index in [1.165, 1.54) is 57.1 Å². The number of methoxy groups -OCH3 is 1. The zero-order chi connectivity index (χ0) is 22.1. The summed E-state index contributed by atoms with van der Waals surface area (Å²) in [5, 5.41) is 3.42. The molecule has 9 nitrogen and oxygen atoms in total. The number of carbonyl (C=O) groups excluding carboxylic acids is 1. The van der Waals surface area contributed by atoms with Crippen LogP contribution in [0, 0.1) is 13.8 Å². The van der Waals surface area contributed by atoms with Gasteiger partial charge in [0.25, 0.3) is 5.91 Å². The summed E-state index contributed by atoms with van der Waals surface area (Å²) in [5.74, 6) is 0.173. The van der Waals surface area contributed by atoms with Gasteiger partial charge in [0.1, 0.15) is 16.9 Å². The standard InChI is InChI=1S/C19H22N4O5S2/c1-11-12(2)29-19-17(11)18(20-10-21-19)28-9-16(24)22-14-8-13(6-7-15(14)27-5)30(25,26)23(3)4/h6-8,10H,9H2,1-5H3,(H,22,24). The predicted octanol–water partition coefficient (Wildman–Crippen LogP) is 2.58. The van der Waals surface area contributed by atoms with E-state index in [1.807, 2.05) is 13.8 Å². The first kappa shape index (κ1) is 21.9. The molecule has 30 heavy (non-hydrogen) atoms. The van der Waals surface area contributed by atoms with Gasteiger partial charge in [0.15, 0.2) is 6.61 Å². The molecule has 0 unspecified atom stereocenters. The molecule has 0 saturated heterocycles.